The largest absolute Gasteiger partial charge is 0.461 e. The highest BCUT2D eigenvalue weighted by atomic mass is 31.2. The number of hydrogen-bond donors (Lipinski definition) is 0. The van der Waals surface area contributed by atoms with Crippen LogP contribution in [0.3, 0.4) is 0 Å². The highest BCUT2D eigenvalue weighted by Crippen LogP contribution is 2.50. The summed E-state index contributed by atoms with van der Waals surface area (Å²) in [6.07, 6.45) is 3.20. The minimum atomic E-state index is -3.52. The van der Waals surface area contributed by atoms with E-state index in [1.807, 2.05) is 20.8 Å². The molecule has 0 amide bonds. The monoisotopic (exact) mass is 530 g/mol. The van der Waals surface area contributed by atoms with Gasteiger partial charge in [0, 0.05) is 0 Å². The van der Waals surface area contributed by atoms with Crippen LogP contribution in [-0.4, -0.2) is 69.3 Å². The van der Waals surface area contributed by atoms with Crippen molar-refractivity contribution in [3.05, 3.63) is 0 Å². The zero-order chi connectivity index (χ0) is 26.0. The molecule has 12 heteroatoms. The van der Waals surface area contributed by atoms with Crippen LogP contribution >= 0.6 is 15.2 Å². The van der Waals surface area contributed by atoms with Crippen LogP contribution in [0.25, 0.3) is 0 Å². The van der Waals surface area contributed by atoms with Gasteiger partial charge in [-0.15, -0.1) is 0 Å². The summed E-state index contributed by atoms with van der Waals surface area (Å²) in [5.41, 5.74) is 0. The number of Topliss-reactive ketones (excluding diaryl/α,β-unsaturated/α-hetero) is 1. The molecule has 0 N–H and O–H groups in total. The summed E-state index contributed by atoms with van der Waals surface area (Å²) in [7, 11) is -6.84. The van der Waals surface area contributed by atoms with Crippen LogP contribution in [-0.2, 0) is 46.3 Å². The van der Waals surface area contributed by atoms with Gasteiger partial charge in [-0.2, -0.15) is 0 Å². The second-order valence-electron chi connectivity index (χ2n) is 8.46. The molecule has 10 nitrogen and oxygen atoms in total. The van der Waals surface area contributed by atoms with E-state index in [9.17, 15) is 18.7 Å². The maximum atomic E-state index is 13.1. The normalized spacial score (nSPS) is 15.3. The van der Waals surface area contributed by atoms with Gasteiger partial charge in [0.2, 0.25) is 0 Å². The number of ether oxygens (including phenoxy) is 2. The quantitative estimate of drug-likeness (QED) is 0.102. The zero-order valence-corrected chi connectivity index (χ0v) is 23.4. The Morgan fingerprint density at radius 2 is 1.24 bits per heavy atom. The minimum Gasteiger partial charge on any atom is -0.461 e. The van der Waals surface area contributed by atoms with Gasteiger partial charge in [-0.3, -0.25) is 18.4 Å². The molecule has 0 fully saturated rings. The summed E-state index contributed by atoms with van der Waals surface area (Å²) in [5.74, 6) is -0.821. The number of unbranched alkanes of at least 4 members (excludes halogenated alkanes) is 3. The summed E-state index contributed by atoms with van der Waals surface area (Å²) >= 11 is 0. The SMILES string of the molecule is CCCOP(=O)(CCCCCCP(=O)(OCCOC(C)C)OCC(=O)OC(C)C)OCC(C)=O. The predicted octanol–water partition coefficient (Wildman–Crippen LogP) is 5.38. The number of carbonyl (C=O) groups is 2. The molecule has 0 rings (SSSR count). The lowest BCUT2D eigenvalue weighted by atomic mass is 10.2. The lowest BCUT2D eigenvalue weighted by Gasteiger charge is -2.19. The van der Waals surface area contributed by atoms with Crippen LogP contribution in [0, 0.1) is 0 Å². The topological polar surface area (TPSA) is 124 Å². The number of hydrogen-bond acceptors (Lipinski definition) is 10. The Morgan fingerprint density at radius 1 is 0.706 bits per heavy atom. The Morgan fingerprint density at radius 3 is 1.71 bits per heavy atom. The van der Waals surface area contributed by atoms with Crippen molar-refractivity contribution >= 4 is 26.9 Å². The smallest absolute Gasteiger partial charge is 0.332 e. The Labute approximate surface area is 204 Å². The van der Waals surface area contributed by atoms with Crippen molar-refractivity contribution in [2.75, 3.05) is 45.4 Å². The maximum absolute atomic E-state index is 13.1. The molecular weight excluding hydrogens is 486 g/mol. The Hall–Kier alpha value is -0.600. The molecule has 0 aliphatic carbocycles. The standard InChI is InChI=1S/C22H44O10P2/c1-7-12-28-33(25,30-17-21(6)23)15-10-8-9-11-16-34(26,29-14-13-27-19(2)3)31-18-22(24)32-20(4)5/h19-20H,7-18H2,1-6H3. The molecule has 0 heterocycles. The molecule has 0 aliphatic rings. The Bertz CT molecular complexity index is 666. The summed E-state index contributed by atoms with van der Waals surface area (Å²) in [4.78, 5) is 22.9. The first-order chi connectivity index (χ1) is 15.9. The van der Waals surface area contributed by atoms with Gasteiger partial charge in [0.05, 0.1) is 44.4 Å². The Balaban J connectivity index is 4.60. The van der Waals surface area contributed by atoms with Gasteiger partial charge in [0.15, 0.2) is 12.4 Å². The van der Waals surface area contributed by atoms with Crippen molar-refractivity contribution in [3.63, 3.8) is 0 Å². The van der Waals surface area contributed by atoms with Crippen molar-refractivity contribution in [2.45, 2.75) is 85.9 Å². The molecule has 0 saturated heterocycles. The average molecular weight is 531 g/mol. The van der Waals surface area contributed by atoms with E-state index in [1.165, 1.54) is 6.92 Å². The summed E-state index contributed by atoms with van der Waals surface area (Å²) in [6.45, 7) is 10.4. The number of ketones is 1. The third-order valence-electron chi connectivity index (χ3n) is 4.14. The fourth-order valence-electron chi connectivity index (χ4n) is 2.62. The average Bonchev–Trinajstić information content (AvgIpc) is 2.75. The molecule has 0 aromatic rings. The van der Waals surface area contributed by atoms with Crippen LogP contribution in [0.15, 0.2) is 0 Å². The molecule has 2 unspecified atom stereocenters. The van der Waals surface area contributed by atoms with E-state index in [-0.39, 0.29) is 50.1 Å². The molecule has 0 spiro atoms. The van der Waals surface area contributed by atoms with Gasteiger partial charge in [0.1, 0.15) is 6.61 Å². The number of esters is 1. The fourth-order valence-corrected chi connectivity index (χ4v) is 6.01. The third-order valence-corrected chi connectivity index (χ3v) is 8.06. The van der Waals surface area contributed by atoms with Gasteiger partial charge < -0.3 is 23.0 Å². The van der Waals surface area contributed by atoms with E-state index >= 15 is 0 Å². The molecule has 0 aromatic heterocycles. The van der Waals surface area contributed by atoms with Crippen LogP contribution in [0.4, 0.5) is 0 Å². The summed E-state index contributed by atoms with van der Waals surface area (Å²) in [6, 6.07) is 0. The lowest BCUT2D eigenvalue weighted by molar-refractivity contribution is -0.150. The number of carbonyl (C=O) groups excluding carboxylic acids is 2. The van der Waals surface area contributed by atoms with E-state index in [0.717, 1.165) is 0 Å². The highest BCUT2D eigenvalue weighted by molar-refractivity contribution is 7.54. The fraction of sp³-hybridized carbons (Fsp3) is 0.909. The van der Waals surface area contributed by atoms with E-state index < -0.39 is 27.8 Å². The molecular formula is C22H44O10P2. The van der Waals surface area contributed by atoms with E-state index in [4.69, 9.17) is 27.6 Å². The van der Waals surface area contributed by atoms with Crippen LogP contribution < -0.4 is 0 Å². The molecule has 0 aliphatic heterocycles. The predicted molar refractivity (Wildman–Crippen MR) is 131 cm³/mol. The summed E-state index contributed by atoms with van der Waals surface area (Å²) < 4.78 is 57.7. The van der Waals surface area contributed by atoms with Gasteiger partial charge in [-0.25, -0.2) is 4.79 Å². The van der Waals surface area contributed by atoms with Gasteiger partial charge in [-0.05, 0) is 53.9 Å². The zero-order valence-electron chi connectivity index (χ0n) is 21.6. The summed E-state index contributed by atoms with van der Waals surface area (Å²) in [5, 5.41) is 0. The molecule has 0 aromatic carbocycles. The van der Waals surface area contributed by atoms with Crippen molar-refractivity contribution in [3.8, 4) is 0 Å². The second-order valence-corrected chi connectivity index (χ2v) is 12.8. The second kappa shape index (κ2) is 18.6. The van der Waals surface area contributed by atoms with Crippen LogP contribution in [0.2, 0.25) is 0 Å². The van der Waals surface area contributed by atoms with E-state index in [1.54, 1.807) is 13.8 Å². The Kier molecular flexibility index (Phi) is 18.3. The van der Waals surface area contributed by atoms with Gasteiger partial charge >= 0.3 is 21.2 Å². The van der Waals surface area contributed by atoms with E-state index in [0.29, 0.717) is 38.7 Å². The van der Waals surface area contributed by atoms with Crippen LogP contribution in [0.1, 0.15) is 73.6 Å². The molecule has 202 valence electrons. The maximum Gasteiger partial charge on any atom is 0.332 e. The van der Waals surface area contributed by atoms with E-state index in [2.05, 4.69) is 0 Å². The van der Waals surface area contributed by atoms with Crippen molar-refractivity contribution in [1.29, 1.82) is 0 Å². The first-order valence-electron chi connectivity index (χ1n) is 12.0. The van der Waals surface area contributed by atoms with Crippen molar-refractivity contribution in [1.82, 2.24) is 0 Å². The molecule has 0 bridgehead atoms. The van der Waals surface area contributed by atoms with Gasteiger partial charge in [-0.1, -0.05) is 19.8 Å². The molecule has 0 radical (unpaired) electrons. The van der Waals surface area contributed by atoms with Crippen molar-refractivity contribution < 1.29 is 46.3 Å². The first-order valence-corrected chi connectivity index (χ1v) is 15.4. The minimum absolute atomic E-state index is 0.0154. The first kappa shape index (κ1) is 33.4. The highest BCUT2D eigenvalue weighted by Gasteiger charge is 2.27. The molecule has 34 heavy (non-hydrogen) atoms. The van der Waals surface area contributed by atoms with Crippen LogP contribution in [0.5, 0.6) is 0 Å². The van der Waals surface area contributed by atoms with Gasteiger partial charge in [0.25, 0.3) is 0 Å². The third kappa shape index (κ3) is 18.7. The number of rotatable bonds is 22. The van der Waals surface area contributed by atoms with Crippen molar-refractivity contribution in [2.24, 2.45) is 0 Å². The lowest BCUT2D eigenvalue weighted by Crippen LogP contribution is -2.18. The molecule has 2 atom stereocenters. The molecule has 0 saturated carbocycles.